The van der Waals surface area contributed by atoms with E-state index in [1.807, 2.05) is 11.3 Å². The number of aryl methyl sites for hydroxylation is 1. The molecule has 1 aromatic carbocycles. The monoisotopic (exact) mass is 270 g/mol. The van der Waals surface area contributed by atoms with Gasteiger partial charge in [-0.15, -0.1) is 11.3 Å². The van der Waals surface area contributed by atoms with Crippen LogP contribution in [-0.4, -0.2) is 6.61 Å². The van der Waals surface area contributed by atoms with Crippen LogP contribution in [0.4, 0.5) is 0 Å². The van der Waals surface area contributed by atoms with Gasteiger partial charge in [-0.05, 0) is 53.7 Å². The van der Waals surface area contributed by atoms with Crippen LogP contribution in [0.3, 0.4) is 0 Å². The van der Waals surface area contributed by atoms with Gasteiger partial charge in [0, 0.05) is 11.5 Å². The van der Waals surface area contributed by atoms with E-state index in [9.17, 15) is 0 Å². The van der Waals surface area contributed by atoms with E-state index in [0.29, 0.717) is 17.9 Å². The minimum Gasteiger partial charge on any atom is -0.372 e. The lowest BCUT2D eigenvalue weighted by Gasteiger charge is -2.42. The van der Waals surface area contributed by atoms with Gasteiger partial charge in [0.2, 0.25) is 0 Å². The van der Waals surface area contributed by atoms with Crippen molar-refractivity contribution < 1.29 is 4.74 Å². The quantitative estimate of drug-likeness (QED) is 0.738. The number of benzene rings is 1. The van der Waals surface area contributed by atoms with E-state index in [-0.39, 0.29) is 0 Å². The molecule has 98 valence electrons. The molecule has 2 aromatic rings. The standard InChI is InChI=1S/C17H18OS/c1-2-5-13-12(4-1)7-8-15-14(13)9-10-18-17(15)16-6-3-11-19-16/h1-6,11,14-15,17H,7-10H2/t14-,15-,17-/m0/s1. The van der Waals surface area contributed by atoms with E-state index in [1.54, 1.807) is 11.1 Å². The fourth-order valence-corrected chi connectivity index (χ4v) is 4.65. The van der Waals surface area contributed by atoms with Gasteiger partial charge in [0.05, 0.1) is 6.10 Å². The van der Waals surface area contributed by atoms with Crippen molar-refractivity contribution in [3.05, 3.63) is 57.8 Å². The van der Waals surface area contributed by atoms with Crippen molar-refractivity contribution >= 4 is 11.3 Å². The highest BCUT2D eigenvalue weighted by molar-refractivity contribution is 7.10. The molecule has 1 nitrogen and oxygen atoms in total. The first kappa shape index (κ1) is 11.7. The Bertz CT molecular complexity index is 560. The minimum absolute atomic E-state index is 0.326. The van der Waals surface area contributed by atoms with Crippen molar-refractivity contribution in [2.45, 2.75) is 31.3 Å². The van der Waals surface area contributed by atoms with Crippen LogP contribution in [0.1, 0.15) is 40.9 Å². The maximum absolute atomic E-state index is 6.12. The van der Waals surface area contributed by atoms with Crippen LogP contribution < -0.4 is 0 Å². The Morgan fingerprint density at radius 2 is 2.00 bits per heavy atom. The van der Waals surface area contributed by atoms with Crippen molar-refractivity contribution in [2.24, 2.45) is 5.92 Å². The average molecular weight is 270 g/mol. The summed E-state index contributed by atoms with van der Waals surface area (Å²) in [6, 6.07) is 13.4. The van der Waals surface area contributed by atoms with E-state index >= 15 is 0 Å². The molecule has 4 rings (SSSR count). The minimum atomic E-state index is 0.326. The molecule has 1 fully saturated rings. The van der Waals surface area contributed by atoms with Crippen molar-refractivity contribution in [3.8, 4) is 0 Å². The van der Waals surface area contributed by atoms with Crippen LogP contribution in [0, 0.1) is 5.92 Å². The third-order valence-corrected chi connectivity index (χ3v) is 5.59. The average Bonchev–Trinajstić information content (AvgIpc) is 3.00. The van der Waals surface area contributed by atoms with Gasteiger partial charge in [-0.3, -0.25) is 0 Å². The SMILES string of the molecule is c1csc([C@H]2OCC[C@H]3c4ccccc4CC[C@H]23)c1. The maximum Gasteiger partial charge on any atom is 0.0950 e. The number of thiophene rings is 1. The zero-order chi connectivity index (χ0) is 12.7. The molecule has 0 radical (unpaired) electrons. The summed E-state index contributed by atoms with van der Waals surface area (Å²) in [6.45, 7) is 0.901. The molecule has 1 aliphatic heterocycles. The van der Waals surface area contributed by atoms with E-state index in [2.05, 4.69) is 41.8 Å². The molecule has 0 unspecified atom stereocenters. The van der Waals surface area contributed by atoms with Gasteiger partial charge in [0.15, 0.2) is 0 Å². The summed E-state index contributed by atoms with van der Waals surface area (Å²) in [6.07, 6.45) is 3.99. The lowest BCUT2D eigenvalue weighted by Crippen LogP contribution is -2.32. The molecule has 0 N–H and O–H groups in total. The molecule has 2 aliphatic rings. The van der Waals surface area contributed by atoms with Crippen molar-refractivity contribution in [2.75, 3.05) is 6.61 Å². The van der Waals surface area contributed by atoms with E-state index in [1.165, 1.54) is 24.1 Å². The highest BCUT2D eigenvalue weighted by Crippen LogP contribution is 2.49. The fraction of sp³-hybridized carbons (Fsp3) is 0.412. The molecule has 0 amide bonds. The van der Waals surface area contributed by atoms with Gasteiger partial charge in [-0.2, -0.15) is 0 Å². The Kier molecular flexibility index (Phi) is 2.93. The van der Waals surface area contributed by atoms with Gasteiger partial charge < -0.3 is 4.74 Å². The summed E-state index contributed by atoms with van der Waals surface area (Å²) in [4.78, 5) is 1.41. The lowest BCUT2D eigenvalue weighted by molar-refractivity contribution is -0.0439. The lowest BCUT2D eigenvalue weighted by atomic mass is 9.70. The Morgan fingerprint density at radius 1 is 1.05 bits per heavy atom. The molecule has 2 heteroatoms. The number of hydrogen-bond acceptors (Lipinski definition) is 2. The van der Waals surface area contributed by atoms with E-state index in [4.69, 9.17) is 4.74 Å². The zero-order valence-electron chi connectivity index (χ0n) is 10.9. The third kappa shape index (κ3) is 1.94. The van der Waals surface area contributed by atoms with Crippen LogP contribution in [0.15, 0.2) is 41.8 Å². The number of ether oxygens (including phenoxy) is 1. The first-order valence-corrected chi connectivity index (χ1v) is 8.04. The first-order valence-electron chi connectivity index (χ1n) is 7.16. The van der Waals surface area contributed by atoms with Gasteiger partial charge in [0.1, 0.15) is 0 Å². The summed E-state index contributed by atoms with van der Waals surface area (Å²) >= 11 is 1.84. The van der Waals surface area contributed by atoms with Crippen LogP contribution in [-0.2, 0) is 11.2 Å². The smallest absolute Gasteiger partial charge is 0.0950 e. The van der Waals surface area contributed by atoms with E-state index in [0.717, 1.165) is 6.61 Å². The summed E-state index contributed by atoms with van der Waals surface area (Å²) < 4.78 is 6.12. The Hall–Kier alpha value is -1.12. The molecule has 1 aliphatic carbocycles. The Labute approximate surface area is 118 Å². The number of hydrogen-bond donors (Lipinski definition) is 0. The van der Waals surface area contributed by atoms with E-state index < -0.39 is 0 Å². The van der Waals surface area contributed by atoms with Crippen molar-refractivity contribution in [3.63, 3.8) is 0 Å². The van der Waals surface area contributed by atoms with Crippen molar-refractivity contribution in [1.29, 1.82) is 0 Å². The van der Waals surface area contributed by atoms with Crippen LogP contribution >= 0.6 is 11.3 Å². The summed E-state index contributed by atoms with van der Waals surface area (Å²) in [5.41, 5.74) is 3.15. The van der Waals surface area contributed by atoms with Gasteiger partial charge >= 0.3 is 0 Å². The first-order chi connectivity index (χ1) is 9.43. The summed E-state index contributed by atoms with van der Waals surface area (Å²) in [7, 11) is 0. The van der Waals surface area contributed by atoms with Gasteiger partial charge in [-0.1, -0.05) is 30.3 Å². The summed E-state index contributed by atoms with van der Waals surface area (Å²) in [5.74, 6) is 1.37. The second-order valence-electron chi connectivity index (χ2n) is 5.60. The molecule has 3 atom stereocenters. The molecular formula is C17H18OS. The number of rotatable bonds is 1. The molecule has 0 spiro atoms. The fourth-order valence-electron chi connectivity index (χ4n) is 3.80. The maximum atomic E-state index is 6.12. The largest absolute Gasteiger partial charge is 0.372 e. The molecule has 1 saturated heterocycles. The normalized spacial score (nSPS) is 29.6. The zero-order valence-corrected chi connectivity index (χ0v) is 11.7. The second-order valence-corrected chi connectivity index (χ2v) is 6.58. The van der Waals surface area contributed by atoms with Crippen LogP contribution in [0.25, 0.3) is 0 Å². The topological polar surface area (TPSA) is 9.23 Å². The predicted molar refractivity (Wildman–Crippen MR) is 78.6 cm³/mol. The molecule has 2 heterocycles. The molecular weight excluding hydrogens is 252 g/mol. The molecule has 19 heavy (non-hydrogen) atoms. The predicted octanol–water partition coefficient (Wildman–Crippen LogP) is 4.56. The van der Waals surface area contributed by atoms with Crippen molar-refractivity contribution in [1.82, 2.24) is 0 Å². The van der Waals surface area contributed by atoms with Gasteiger partial charge in [-0.25, -0.2) is 0 Å². The van der Waals surface area contributed by atoms with Gasteiger partial charge in [0.25, 0.3) is 0 Å². The Balaban J connectivity index is 1.71. The molecule has 0 saturated carbocycles. The van der Waals surface area contributed by atoms with Crippen LogP contribution in [0.2, 0.25) is 0 Å². The Morgan fingerprint density at radius 3 is 2.89 bits per heavy atom. The highest BCUT2D eigenvalue weighted by Gasteiger charge is 2.39. The van der Waals surface area contributed by atoms with Crippen LogP contribution in [0.5, 0.6) is 0 Å². The number of fused-ring (bicyclic) bond motifs is 3. The summed E-state index contributed by atoms with van der Waals surface area (Å²) in [5, 5.41) is 2.17. The third-order valence-electron chi connectivity index (χ3n) is 4.66. The highest BCUT2D eigenvalue weighted by atomic mass is 32.1. The second kappa shape index (κ2) is 4.77. The molecule has 0 bridgehead atoms. The molecule has 1 aromatic heterocycles.